The Kier molecular flexibility index (Phi) is 5.44. The average Bonchev–Trinajstić information content (AvgIpc) is 2.37. The van der Waals surface area contributed by atoms with Crippen molar-refractivity contribution in [1.82, 2.24) is 5.32 Å². The molecule has 0 fully saturated rings. The molecular weight excluding hydrogens is 271 g/mol. The molecule has 0 atom stereocenters. The molecule has 0 radical (unpaired) electrons. The van der Waals surface area contributed by atoms with Crippen LogP contribution in [0.25, 0.3) is 6.08 Å². The summed E-state index contributed by atoms with van der Waals surface area (Å²) in [6.45, 7) is 3.78. The number of nitrogens with one attached hydrogen (secondary N) is 1. The SMILES string of the molecule is C=CCNC(=O)/C(C#N)=C/c1ccc(Cl)c(Cl)c1. The van der Waals surface area contributed by atoms with Crippen molar-refractivity contribution in [2.45, 2.75) is 0 Å². The van der Waals surface area contributed by atoms with Gasteiger partial charge < -0.3 is 5.32 Å². The third kappa shape index (κ3) is 3.92. The molecule has 0 heterocycles. The summed E-state index contributed by atoms with van der Waals surface area (Å²) in [4.78, 5) is 11.6. The Morgan fingerprint density at radius 2 is 2.17 bits per heavy atom. The van der Waals surface area contributed by atoms with Crippen LogP contribution in [-0.4, -0.2) is 12.5 Å². The molecular formula is C13H10Cl2N2O. The molecule has 18 heavy (non-hydrogen) atoms. The summed E-state index contributed by atoms with van der Waals surface area (Å²) in [5.41, 5.74) is 0.630. The molecule has 1 amide bonds. The predicted molar refractivity (Wildman–Crippen MR) is 73.3 cm³/mol. The minimum Gasteiger partial charge on any atom is -0.348 e. The van der Waals surface area contributed by atoms with E-state index in [1.54, 1.807) is 18.2 Å². The van der Waals surface area contributed by atoms with Gasteiger partial charge in [0.15, 0.2) is 0 Å². The Morgan fingerprint density at radius 3 is 2.72 bits per heavy atom. The van der Waals surface area contributed by atoms with Crippen LogP contribution in [-0.2, 0) is 4.79 Å². The Morgan fingerprint density at radius 1 is 1.44 bits per heavy atom. The van der Waals surface area contributed by atoms with Gasteiger partial charge in [0.25, 0.3) is 5.91 Å². The number of benzene rings is 1. The zero-order chi connectivity index (χ0) is 13.5. The van der Waals surface area contributed by atoms with Crippen molar-refractivity contribution in [2.75, 3.05) is 6.54 Å². The Hall–Kier alpha value is -1.76. The van der Waals surface area contributed by atoms with E-state index in [1.807, 2.05) is 6.07 Å². The van der Waals surface area contributed by atoms with Crippen molar-refractivity contribution in [3.8, 4) is 6.07 Å². The molecule has 1 N–H and O–H groups in total. The van der Waals surface area contributed by atoms with E-state index in [9.17, 15) is 4.79 Å². The molecule has 92 valence electrons. The summed E-state index contributed by atoms with van der Waals surface area (Å²) in [6.07, 6.45) is 2.98. The molecule has 0 aromatic heterocycles. The third-order valence-corrected chi connectivity index (χ3v) is 2.77. The van der Waals surface area contributed by atoms with Gasteiger partial charge in [0.1, 0.15) is 11.6 Å². The third-order valence-electron chi connectivity index (χ3n) is 2.03. The van der Waals surface area contributed by atoms with Crippen LogP contribution < -0.4 is 5.32 Å². The molecule has 0 aliphatic rings. The molecule has 1 rings (SSSR count). The first-order valence-electron chi connectivity index (χ1n) is 5.04. The van der Waals surface area contributed by atoms with Gasteiger partial charge in [-0.15, -0.1) is 6.58 Å². The first kappa shape index (κ1) is 14.3. The molecule has 0 saturated heterocycles. The maximum Gasteiger partial charge on any atom is 0.262 e. The van der Waals surface area contributed by atoms with Gasteiger partial charge in [0.2, 0.25) is 0 Å². The summed E-state index contributed by atoms with van der Waals surface area (Å²) in [5.74, 6) is -0.455. The van der Waals surface area contributed by atoms with E-state index in [1.165, 1.54) is 12.2 Å². The smallest absolute Gasteiger partial charge is 0.262 e. The molecule has 0 spiro atoms. The Labute approximate surface area is 115 Å². The fourth-order valence-electron chi connectivity index (χ4n) is 1.18. The normalized spacial score (nSPS) is 10.6. The number of nitriles is 1. The van der Waals surface area contributed by atoms with Crippen molar-refractivity contribution < 1.29 is 4.79 Å². The summed E-state index contributed by atoms with van der Waals surface area (Å²) >= 11 is 11.6. The van der Waals surface area contributed by atoms with Gasteiger partial charge >= 0.3 is 0 Å². The summed E-state index contributed by atoms with van der Waals surface area (Å²) in [7, 11) is 0. The van der Waals surface area contributed by atoms with Crippen molar-refractivity contribution in [1.29, 1.82) is 5.26 Å². The molecule has 0 aliphatic carbocycles. The lowest BCUT2D eigenvalue weighted by molar-refractivity contribution is -0.116. The zero-order valence-electron chi connectivity index (χ0n) is 9.41. The van der Waals surface area contributed by atoms with Crippen LogP contribution in [0, 0.1) is 11.3 Å². The van der Waals surface area contributed by atoms with Crippen LogP contribution in [0.3, 0.4) is 0 Å². The molecule has 0 bridgehead atoms. The number of nitrogens with zero attached hydrogens (tertiary/aromatic N) is 1. The lowest BCUT2D eigenvalue weighted by atomic mass is 10.1. The van der Waals surface area contributed by atoms with E-state index in [0.29, 0.717) is 22.2 Å². The number of carbonyl (C=O) groups is 1. The summed E-state index contributed by atoms with van der Waals surface area (Å²) in [6, 6.07) is 6.69. The lowest BCUT2D eigenvalue weighted by Crippen LogP contribution is -2.24. The van der Waals surface area contributed by atoms with Crippen LogP contribution in [0.15, 0.2) is 36.4 Å². The van der Waals surface area contributed by atoms with Gasteiger partial charge in [-0.2, -0.15) is 5.26 Å². The highest BCUT2D eigenvalue weighted by Gasteiger charge is 2.08. The largest absolute Gasteiger partial charge is 0.348 e. The molecule has 0 saturated carbocycles. The van der Waals surface area contributed by atoms with Gasteiger partial charge in [-0.25, -0.2) is 0 Å². The average molecular weight is 281 g/mol. The first-order chi connectivity index (χ1) is 8.58. The number of hydrogen-bond acceptors (Lipinski definition) is 2. The molecule has 1 aromatic rings. The van der Waals surface area contributed by atoms with E-state index < -0.39 is 5.91 Å². The van der Waals surface area contributed by atoms with Gasteiger partial charge in [0.05, 0.1) is 10.0 Å². The second-order valence-electron chi connectivity index (χ2n) is 3.34. The molecule has 0 aliphatic heterocycles. The van der Waals surface area contributed by atoms with E-state index >= 15 is 0 Å². The maximum atomic E-state index is 11.6. The number of halogens is 2. The predicted octanol–water partition coefficient (Wildman–Crippen LogP) is 3.20. The summed E-state index contributed by atoms with van der Waals surface area (Å²) in [5, 5.41) is 12.2. The number of hydrogen-bond donors (Lipinski definition) is 1. The fraction of sp³-hybridized carbons (Fsp3) is 0.0769. The first-order valence-corrected chi connectivity index (χ1v) is 5.80. The van der Waals surface area contributed by atoms with Crippen molar-refractivity contribution >= 4 is 35.2 Å². The molecule has 3 nitrogen and oxygen atoms in total. The zero-order valence-corrected chi connectivity index (χ0v) is 10.9. The van der Waals surface area contributed by atoms with E-state index in [2.05, 4.69) is 11.9 Å². The monoisotopic (exact) mass is 280 g/mol. The van der Waals surface area contributed by atoms with Crippen LogP contribution in [0.2, 0.25) is 10.0 Å². The van der Waals surface area contributed by atoms with Crippen LogP contribution in [0.5, 0.6) is 0 Å². The fourth-order valence-corrected chi connectivity index (χ4v) is 1.48. The van der Waals surface area contributed by atoms with Crippen molar-refractivity contribution in [3.63, 3.8) is 0 Å². The quantitative estimate of drug-likeness (QED) is 0.523. The maximum absolute atomic E-state index is 11.6. The Balaban J connectivity index is 2.97. The van der Waals surface area contributed by atoms with E-state index in [4.69, 9.17) is 28.5 Å². The van der Waals surface area contributed by atoms with Crippen molar-refractivity contribution in [3.05, 3.63) is 52.0 Å². The van der Waals surface area contributed by atoms with E-state index in [-0.39, 0.29) is 5.57 Å². The van der Waals surface area contributed by atoms with Crippen LogP contribution in [0.1, 0.15) is 5.56 Å². The van der Waals surface area contributed by atoms with Gasteiger partial charge in [0, 0.05) is 6.54 Å². The lowest BCUT2D eigenvalue weighted by Gasteiger charge is -2.01. The van der Waals surface area contributed by atoms with Crippen LogP contribution >= 0.6 is 23.2 Å². The van der Waals surface area contributed by atoms with Gasteiger partial charge in [-0.05, 0) is 23.8 Å². The molecule has 1 aromatic carbocycles. The Bertz CT molecular complexity index is 544. The number of rotatable bonds is 4. The highest BCUT2D eigenvalue weighted by Crippen LogP contribution is 2.23. The highest BCUT2D eigenvalue weighted by molar-refractivity contribution is 6.42. The minimum atomic E-state index is -0.455. The summed E-state index contributed by atoms with van der Waals surface area (Å²) < 4.78 is 0. The number of amides is 1. The van der Waals surface area contributed by atoms with Crippen LogP contribution in [0.4, 0.5) is 0 Å². The minimum absolute atomic E-state index is 0.00441. The van der Waals surface area contributed by atoms with Gasteiger partial charge in [-0.3, -0.25) is 4.79 Å². The van der Waals surface area contributed by atoms with Crippen molar-refractivity contribution in [2.24, 2.45) is 0 Å². The number of carbonyl (C=O) groups excluding carboxylic acids is 1. The standard InChI is InChI=1S/C13H10Cl2N2O/c1-2-5-17-13(18)10(8-16)6-9-3-4-11(14)12(15)7-9/h2-4,6-7H,1,5H2,(H,17,18)/b10-6+. The topological polar surface area (TPSA) is 52.9 Å². The second kappa shape index (κ2) is 6.85. The molecule has 5 heteroatoms. The van der Waals surface area contributed by atoms with Gasteiger partial charge in [-0.1, -0.05) is 35.3 Å². The highest BCUT2D eigenvalue weighted by atomic mass is 35.5. The molecule has 0 unspecified atom stereocenters. The van der Waals surface area contributed by atoms with E-state index in [0.717, 1.165) is 0 Å². The second-order valence-corrected chi connectivity index (χ2v) is 4.16.